The number of nitrogens with zero attached hydrogens (tertiary/aromatic N) is 2. The van der Waals surface area contributed by atoms with Crippen molar-refractivity contribution in [2.24, 2.45) is 0 Å². The van der Waals surface area contributed by atoms with Gasteiger partial charge in [-0.05, 0) is 58.5 Å². The van der Waals surface area contributed by atoms with E-state index in [-0.39, 0.29) is 37.6 Å². The number of carbonyl (C=O) groups is 2. The Balaban J connectivity index is 1.19. The number of aromatic nitrogens is 2. The molecule has 242 valence electrons. The van der Waals surface area contributed by atoms with Crippen molar-refractivity contribution < 1.29 is 29.4 Å². The third-order valence-electron chi connectivity index (χ3n) is 8.38. The van der Waals surface area contributed by atoms with Gasteiger partial charge in [0.25, 0.3) is 0 Å². The number of hydrogen-bond donors (Lipinski definition) is 4. The van der Waals surface area contributed by atoms with E-state index < -0.39 is 12.2 Å². The topological polar surface area (TPSA) is 135 Å². The largest absolute Gasteiger partial charge is 0.392 e. The van der Waals surface area contributed by atoms with Crippen molar-refractivity contribution in [2.45, 2.75) is 63.9 Å². The van der Waals surface area contributed by atoms with Gasteiger partial charge in [-0.15, -0.1) is 0 Å². The predicted octanol–water partition coefficient (Wildman–Crippen LogP) is 5.73. The van der Waals surface area contributed by atoms with E-state index in [0.29, 0.717) is 25.9 Å². The molecule has 1 fully saturated rings. The highest BCUT2D eigenvalue weighted by atomic mass is 16.7. The summed E-state index contributed by atoms with van der Waals surface area (Å²) >= 11 is 0. The molecule has 1 aliphatic heterocycles. The molecule has 0 radical (unpaired) electrons. The van der Waals surface area contributed by atoms with Crippen LogP contribution in [-0.2, 0) is 38.8 Å². The third kappa shape index (κ3) is 8.11. The molecule has 6 rings (SSSR count). The van der Waals surface area contributed by atoms with E-state index in [2.05, 4.69) is 27.0 Å². The quantitative estimate of drug-likeness (QED) is 0.102. The van der Waals surface area contributed by atoms with Crippen LogP contribution in [0.4, 0.5) is 0 Å². The minimum absolute atomic E-state index is 0.0141. The smallest absolute Gasteiger partial charge is 0.243 e. The van der Waals surface area contributed by atoms with Crippen molar-refractivity contribution in [3.63, 3.8) is 0 Å². The average molecular weight is 635 g/mol. The second-order valence-corrected chi connectivity index (χ2v) is 11.7. The Labute approximate surface area is 272 Å². The van der Waals surface area contributed by atoms with Gasteiger partial charge in [0, 0.05) is 31.4 Å². The summed E-state index contributed by atoms with van der Waals surface area (Å²) < 4.78 is 15.4. The van der Waals surface area contributed by atoms with Crippen LogP contribution in [0.5, 0.6) is 0 Å². The van der Waals surface area contributed by atoms with Crippen LogP contribution in [-0.4, -0.2) is 37.8 Å². The SMILES string of the molecule is O=C(CCCC(=O)NCc1cccc(-c2cccc([C@H]3O[C@@H](Cn4cnc5ccccc54)C[C@@H](c4ccc(CO)cc4)O3)c2)c1)NO. The van der Waals surface area contributed by atoms with Gasteiger partial charge in [-0.3, -0.25) is 14.8 Å². The summed E-state index contributed by atoms with van der Waals surface area (Å²) in [7, 11) is 0. The summed E-state index contributed by atoms with van der Waals surface area (Å²) in [6.07, 6.45) is 2.17. The normalized spacial score (nSPS) is 17.8. The lowest BCUT2D eigenvalue weighted by Crippen LogP contribution is -2.32. The van der Waals surface area contributed by atoms with Gasteiger partial charge in [0.1, 0.15) is 0 Å². The number of imidazole rings is 1. The van der Waals surface area contributed by atoms with Crippen molar-refractivity contribution in [3.8, 4) is 11.1 Å². The maximum atomic E-state index is 12.3. The zero-order valence-corrected chi connectivity index (χ0v) is 25.9. The second-order valence-electron chi connectivity index (χ2n) is 11.7. The Morgan fingerprint density at radius 2 is 1.60 bits per heavy atom. The summed E-state index contributed by atoms with van der Waals surface area (Å²) in [6.45, 7) is 0.961. The fourth-order valence-electron chi connectivity index (χ4n) is 5.89. The molecule has 0 spiro atoms. The van der Waals surface area contributed by atoms with Gasteiger partial charge in [-0.2, -0.15) is 0 Å². The molecule has 1 aliphatic rings. The summed E-state index contributed by atoms with van der Waals surface area (Å²) in [5.41, 5.74) is 9.26. The van der Waals surface area contributed by atoms with Gasteiger partial charge < -0.3 is 24.5 Å². The highest BCUT2D eigenvalue weighted by Crippen LogP contribution is 2.39. The lowest BCUT2D eigenvalue weighted by atomic mass is 9.98. The van der Waals surface area contributed by atoms with Gasteiger partial charge in [0.15, 0.2) is 6.29 Å². The van der Waals surface area contributed by atoms with Crippen LogP contribution < -0.4 is 10.8 Å². The maximum absolute atomic E-state index is 12.3. The summed E-state index contributed by atoms with van der Waals surface area (Å²) in [6, 6.07) is 32.0. The molecule has 2 amide bonds. The van der Waals surface area contributed by atoms with Crippen LogP contribution >= 0.6 is 0 Å². The minimum Gasteiger partial charge on any atom is -0.392 e. The lowest BCUT2D eigenvalue weighted by Gasteiger charge is -2.36. The number of fused-ring (bicyclic) bond motifs is 1. The van der Waals surface area contributed by atoms with E-state index in [9.17, 15) is 14.7 Å². The molecule has 0 aliphatic carbocycles. The van der Waals surface area contributed by atoms with Crippen LogP contribution in [0.1, 0.15) is 60.3 Å². The fourth-order valence-corrected chi connectivity index (χ4v) is 5.89. The van der Waals surface area contributed by atoms with Crippen LogP contribution in [0.2, 0.25) is 0 Å². The van der Waals surface area contributed by atoms with Crippen LogP contribution in [0, 0.1) is 0 Å². The van der Waals surface area contributed by atoms with Crippen molar-refractivity contribution in [1.82, 2.24) is 20.3 Å². The molecular formula is C37H38N4O6. The Bertz CT molecular complexity index is 1820. The molecule has 1 aromatic heterocycles. The number of hydroxylamine groups is 1. The maximum Gasteiger partial charge on any atom is 0.243 e. The van der Waals surface area contributed by atoms with E-state index in [1.54, 1.807) is 5.48 Å². The standard InChI is InChI=1S/C37H38N4O6/c42-23-25-14-16-27(17-15-25)34-20-31(22-41-24-39-32-10-1-2-11-33(32)41)46-37(47-34)30-9-4-8-29(19-30)28-7-3-6-26(18-28)21-38-35(43)12-5-13-36(44)40-45/h1-4,6-11,14-19,24,31,34,37,42,45H,5,12-13,20-23H2,(H,38,43)(H,40,44)/t31-,34+,37+/m1/s1. The number of ether oxygens (including phenoxy) is 2. The molecular weight excluding hydrogens is 596 g/mol. The van der Waals surface area contributed by atoms with Gasteiger partial charge in [-0.1, -0.05) is 72.8 Å². The second kappa shape index (κ2) is 15.1. The van der Waals surface area contributed by atoms with E-state index in [0.717, 1.165) is 44.4 Å². The number of amides is 2. The van der Waals surface area contributed by atoms with E-state index >= 15 is 0 Å². The molecule has 47 heavy (non-hydrogen) atoms. The minimum atomic E-state index is -0.610. The van der Waals surface area contributed by atoms with Gasteiger partial charge >= 0.3 is 0 Å². The first-order valence-electron chi connectivity index (χ1n) is 15.8. The molecule has 10 heteroatoms. The number of benzene rings is 4. The molecule has 4 aromatic carbocycles. The number of para-hydroxylation sites is 2. The summed E-state index contributed by atoms with van der Waals surface area (Å²) in [5, 5.41) is 21.1. The van der Waals surface area contributed by atoms with E-state index in [4.69, 9.17) is 14.7 Å². The Morgan fingerprint density at radius 3 is 2.40 bits per heavy atom. The summed E-state index contributed by atoms with van der Waals surface area (Å²) in [5.74, 6) is -0.667. The molecule has 0 saturated carbocycles. The number of aliphatic hydroxyl groups is 1. The molecule has 0 unspecified atom stereocenters. The highest BCUT2D eigenvalue weighted by Gasteiger charge is 2.33. The van der Waals surface area contributed by atoms with Crippen molar-refractivity contribution in [3.05, 3.63) is 126 Å². The molecule has 2 heterocycles. The molecule has 1 saturated heterocycles. The number of nitrogens with one attached hydrogen (secondary N) is 2. The number of rotatable bonds is 12. The molecule has 4 N–H and O–H groups in total. The first-order chi connectivity index (χ1) is 23.0. The highest BCUT2D eigenvalue weighted by molar-refractivity contribution is 5.78. The Morgan fingerprint density at radius 1 is 0.830 bits per heavy atom. The fraction of sp³-hybridized carbons (Fsp3) is 0.270. The van der Waals surface area contributed by atoms with E-state index in [1.807, 2.05) is 91.3 Å². The van der Waals surface area contributed by atoms with Gasteiger partial charge in [0.05, 0.1) is 42.7 Å². The van der Waals surface area contributed by atoms with Crippen LogP contribution in [0.15, 0.2) is 103 Å². The molecule has 10 nitrogen and oxygen atoms in total. The third-order valence-corrected chi connectivity index (χ3v) is 8.38. The number of aliphatic hydroxyl groups excluding tert-OH is 1. The van der Waals surface area contributed by atoms with Crippen molar-refractivity contribution >= 4 is 22.8 Å². The first-order valence-corrected chi connectivity index (χ1v) is 15.8. The van der Waals surface area contributed by atoms with Crippen LogP contribution in [0.3, 0.4) is 0 Å². The summed E-state index contributed by atoms with van der Waals surface area (Å²) in [4.78, 5) is 28.0. The number of hydrogen-bond acceptors (Lipinski definition) is 7. The zero-order valence-electron chi connectivity index (χ0n) is 25.9. The van der Waals surface area contributed by atoms with Crippen LogP contribution in [0.25, 0.3) is 22.2 Å². The lowest BCUT2D eigenvalue weighted by molar-refractivity contribution is -0.252. The Kier molecular flexibility index (Phi) is 10.3. The van der Waals surface area contributed by atoms with Gasteiger partial charge in [-0.25, -0.2) is 10.5 Å². The average Bonchev–Trinajstić information content (AvgIpc) is 3.53. The zero-order chi connectivity index (χ0) is 32.6. The van der Waals surface area contributed by atoms with Crippen molar-refractivity contribution in [1.29, 1.82) is 0 Å². The monoisotopic (exact) mass is 634 g/mol. The Hall–Kier alpha value is -4.87. The van der Waals surface area contributed by atoms with Crippen molar-refractivity contribution in [2.75, 3.05) is 0 Å². The van der Waals surface area contributed by atoms with Gasteiger partial charge in [0.2, 0.25) is 11.8 Å². The predicted molar refractivity (Wildman–Crippen MR) is 176 cm³/mol. The molecule has 3 atom stereocenters. The molecule has 5 aromatic rings. The molecule has 0 bridgehead atoms. The van der Waals surface area contributed by atoms with E-state index in [1.165, 1.54) is 0 Å². The first kappa shape index (κ1) is 32.1. The number of carbonyl (C=O) groups excluding carboxylic acids is 2.